The number of rotatable bonds is 1. The number of carbonyl (C=O) groups is 1. The molecule has 0 aliphatic carbocycles. The third-order valence-electron chi connectivity index (χ3n) is 2.61. The molecule has 0 fully saturated rings. The predicted molar refractivity (Wildman–Crippen MR) is 61.1 cm³/mol. The molecule has 4 nitrogen and oxygen atoms in total. The van der Waals surface area contributed by atoms with E-state index in [1.165, 1.54) is 0 Å². The van der Waals surface area contributed by atoms with Crippen LogP contribution in [0.2, 0.25) is 0 Å². The highest BCUT2D eigenvalue weighted by atomic mass is 16.5. The summed E-state index contributed by atoms with van der Waals surface area (Å²) in [5, 5.41) is 0. The van der Waals surface area contributed by atoms with Gasteiger partial charge in [-0.15, -0.1) is 0 Å². The van der Waals surface area contributed by atoms with Crippen molar-refractivity contribution in [1.82, 2.24) is 0 Å². The van der Waals surface area contributed by atoms with Crippen LogP contribution in [-0.4, -0.2) is 19.5 Å². The maximum Gasteiger partial charge on any atom is 0.184 e. The summed E-state index contributed by atoms with van der Waals surface area (Å²) < 4.78 is 11.1. The molecule has 0 bridgehead atoms. The first-order valence-electron chi connectivity index (χ1n) is 5.46. The molecule has 1 aromatic rings. The fraction of sp³-hybridized carbons (Fsp3) is 0.417. The first-order chi connectivity index (χ1) is 7.83. The summed E-state index contributed by atoms with van der Waals surface area (Å²) in [5.74, 6) is 1.14. The smallest absolute Gasteiger partial charge is 0.184 e. The van der Waals surface area contributed by atoms with Crippen LogP contribution in [0.1, 0.15) is 29.6 Å². The second kappa shape index (κ2) is 4.88. The van der Waals surface area contributed by atoms with Crippen LogP contribution in [0.4, 0.5) is 5.69 Å². The zero-order chi connectivity index (χ0) is 11.4. The van der Waals surface area contributed by atoms with Crippen molar-refractivity contribution in [3.05, 3.63) is 17.7 Å². The van der Waals surface area contributed by atoms with E-state index < -0.39 is 0 Å². The van der Waals surface area contributed by atoms with E-state index in [0.717, 1.165) is 25.5 Å². The van der Waals surface area contributed by atoms with Gasteiger partial charge in [-0.1, -0.05) is 0 Å². The maximum absolute atomic E-state index is 10.8. The molecule has 0 unspecified atom stereocenters. The number of nitrogen functional groups attached to an aromatic ring is 1. The number of benzene rings is 1. The molecule has 1 aromatic carbocycles. The minimum Gasteiger partial charge on any atom is -0.490 e. The monoisotopic (exact) mass is 221 g/mol. The van der Waals surface area contributed by atoms with Crippen molar-refractivity contribution in [1.29, 1.82) is 0 Å². The summed E-state index contributed by atoms with van der Waals surface area (Å²) >= 11 is 0. The highest BCUT2D eigenvalue weighted by Gasteiger charge is 2.14. The van der Waals surface area contributed by atoms with Crippen molar-refractivity contribution in [2.45, 2.75) is 19.3 Å². The van der Waals surface area contributed by atoms with E-state index in [9.17, 15) is 4.79 Å². The van der Waals surface area contributed by atoms with Gasteiger partial charge in [-0.3, -0.25) is 4.79 Å². The van der Waals surface area contributed by atoms with Gasteiger partial charge in [0.05, 0.1) is 18.9 Å². The fourth-order valence-corrected chi connectivity index (χ4v) is 1.70. The maximum atomic E-state index is 10.8. The summed E-state index contributed by atoms with van der Waals surface area (Å²) in [6, 6.07) is 3.39. The van der Waals surface area contributed by atoms with Crippen LogP contribution in [0.25, 0.3) is 0 Å². The number of ether oxygens (including phenoxy) is 2. The number of fused-ring (bicyclic) bond motifs is 1. The van der Waals surface area contributed by atoms with Gasteiger partial charge < -0.3 is 15.2 Å². The van der Waals surface area contributed by atoms with Crippen LogP contribution in [0, 0.1) is 0 Å². The topological polar surface area (TPSA) is 61.6 Å². The van der Waals surface area contributed by atoms with Crippen molar-refractivity contribution in [2.75, 3.05) is 18.9 Å². The first-order valence-corrected chi connectivity index (χ1v) is 5.46. The van der Waals surface area contributed by atoms with Gasteiger partial charge in [0.1, 0.15) is 0 Å². The number of aldehydes is 1. The molecule has 1 heterocycles. The van der Waals surface area contributed by atoms with Gasteiger partial charge in [-0.2, -0.15) is 0 Å². The van der Waals surface area contributed by atoms with Gasteiger partial charge >= 0.3 is 0 Å². The van der Waals surface area contributed by atoms with Gasteiger partial charge in [0.15, 0.2) is 17.8 Å². The first kappa shape index (κ1) is 10.8. The molecule has 0 aromatic heterocycles. The van der Waals surface area contributed by atoms with E-state index in [1.54, 1.807) is 12.1 Å². The van der Waals surface area contributed by atoms with Crippen LogP contribution in [0.5, 0.6) is 11.5 Å². The van der Waals surface area contributed by atoms with Crippen LogP contribution >= 0.6 is 0 Å². The van der Waals surface area contributed by atoms with E-state index >= 15 is 0 Å². The Balaban J connectivity index is 2.37. The second-order valence-electron chi connectivity index (χ2n) is 3.77. The molecule has 16 heavy (non-hydrogen) atoms. The quantitative estimate of drug-likeness (QED) is 0.582. The highest BCUT2D eigenvalue weighted by molar-refractivity contribution is 5.87. The number of hydrogen-bond donors (Lipinski definition) is 1. The Kier molecular flexibility index (Phi) is 3.29. The summed E-state index contributed by atoms with van der Waals surface area (Å²) in [6.45, 7) is 1.28. The Morgan fingerprint density at radius 2 is 1.88 bits per heavy atom. The molecule has 0 saturated carbocycles. The van der Waals surface area contributed by atoms with Crippen molar-refractivity contribution in [3.8, 4) is 11.5 Å². The molecule has 0 spiro atoms. The lowest BCUT2D eigenvalue weighted by Crippen LogP contribution is -2.04. The summed E-state index contributed by atoms with van der Waals surface area (Å²) in [6.07, 6.45) is 3.80. The van der Waals surface area contributed by atoms with Crippen LogP contribution in [-0.2, 0) is 0 Å². The lowest BCUT2D eigenvalue weighted by Gasteiger charge is -2.13. The van der Waals surface area contributed by atoms with Gasteiger partial charge in [0.25, 0.3) is 0 Å². The predicted octanol–water partition coefficient (Wildman–Crippen LogP) is 2.02. The number of carbonyl (C=O) groups excluding carboxylic acids is 1. The van der Waals surface area contributed by atoms with E-state index in [1.807, 2.05) is 0 Å². The molecular formula is C12H15NO3. The van der Waals surface area contributed by atoms with Crippen molar-refractivity contribution >= 4 is 12.0 Å². The Morgan fingerprint density at radius 1 is 1.12 bits per heavy atom. The van der Waals surface area contributed by atoms with E-state index in [0.29, 0.717) is 36.0 Å². The largest absolute Gasteiger partial charge is 0.490 e. The summed E-state index contributed by atoms with van der Waals surface area (Å²) in [5.41, 5.74) is 6.67. The van der Waals surface area contributed by atoms with E-state index in [2.05, 4.69) is 0 Å². The Bertz CT molecular complexity index is 390. The van der Waals surface area contributed by atoms with Crippen LogP contribution in [0.3, 0.4) is 0 Å². The molecule has 0 saturated heterocycles. The molecule has 1 aliphatic rings. The SMILES string of the molecule is Nc1c(C=O)ccc2c1OCCCCCO2. The van der Waals surface area contributed by atoms with Crippen LogP contribution in [0.15, 0.2) is 12.1 Å². The normalized spacial score (nSPS) is 15.8. The summed E-state index contributed by atoms with van der Waals surface area (Å²) in [4.78, 5) is 10.8. The zero-order valence-corrected chi connectivity index (χ0v) is 9.07. The third kappa shape index (κ3) is 2.10. The van der Waals surface area contributed by atoms with Crippen LogP contribution < -0.4 is 15.2 Å². The lowest BCUT2D eigenvalue weighted by molar-refractivity contribution is 0.112. The molecule has 86 valence electrons. The molecule has 4 heteroatoms. The molecule has 2 N–H and O–H groups in total. The van der Waals surface area contributed by atoms with E-state index in [-0.39, 0.29) is 0 Å². The molecule has 2 rings (SSSR count). The van der Waals surface area contributed by atoms with Gasteiger partial charge in [-0.05, 0) is 31.4 Å². The average Bonchev–Trinajstić information content (AvgIpc) is 2.41. The molecule has 0 amide bonds. The van der Waals surface area contributed by atoms with E-state index in [4.69, 9.17) is 15.2 Å². The summed E-state index contributed by atoms with van der Waals surface area (Å²) in [7, 11) is 0. The Morgan fingerprint density at radius 3 is 2.62 bits per heavy atom. The Labute approximate surface area is 94.3 Å². The van der Waals surface area contributed by atoms with Crippen molar-refractivity contribution in [3.63, 3.8) is 0 Å². The molecule has 0 atom stereocenters. The lowest BCUT2D eigenvalue weighted by atomic mass is 10.1. The minimum atomic E-state index is 0.370. The average molecular weight is 221 g/mol. The number of hydrogen-bond acceptors (Lipinski definition) is 4. The number of anilines is 1. The van der Waals surface area contributed by atoms with Crippen molar-refractivity contribution in [2.24, 2.45) is 0 Å². The second-order valence-corrected chi connectivity index (χ2v) is 3.77. The third-order valence-corrected chi connectivity index (χ3v) is 2.61. The van der Waals surface area contributed by atoms with Gasteiger partial charge in [0.2, 0.25) is 0 Å². The zero-order valence-electron chi connectivity index (χ0n) is 9.07. The van der Waals surface area contributed by atoms with Gasteiger partial charge in [0, 0.05) is 5.56 Å². The molecule has 0 radical (unpaired) electrons. The fourth-order valence-electron chi connectivity index (χ4n) is 1.70. The molecule has 1 aliphatic heterocycles. The number of nitrogens with two attached hydrogens (primary N) is 1. The molecular weight excluding hydrogens is 206 g/mol. The Hall–Kier alpha value is -1.71. The highest BCUT2D eigenvalue weighted by Crippen LogP contribution is 2.36. The van der Waals surface area contributed by atoms with Crippen molar-refractivity contribution < 1.29 is 14.3 Å². The van der Waals surface area contributed by atoms with Gasteiger partial charge in [-0.25, -0.2) is 0 Å². The minimum absolute atomic E-state index is 0.370. The standard InChI is InChI=1S/C12H15NO3/c13-11-9(8-14)4-5-10-12(11)16-7-3-1-2-6-15-10/h4-5,8H,1-3,6-7,13H2.